The van der Waals surface area contributed by atoms with E-state index in [9.17, 15) is 14.4 Å². The summed E-state index contributed by atoms with van der Waals surface area (Å²) in [6.45, 7) is 1.81. The number of nitrogens with one attached hydrogen (secondary N) is 1. The van der Waals surface area contributed by atoms with Crippen molar-refractivity contribution in [1.29, 1.82) is 0 Å². The summed E-state index contributed by atoms with van der Waals surface area (Å²) in [7, 11) is 0. The highest BCUT2D eigenvalue weighted by Gasteiger charge is 2.61. The third-order valence-corrected chi connectivity index (χ3v) is 7.88. The number of rotatable bonds is 6. The van der Waals surface area contributed by atoms with Crippen LogP contribution in [-0.2, 0) is 14.3 Å². The number of benzene rings is 2. The molecule has 2 aromatic rings. The molecule has 2 saturated carbocycles. The summed E-state index contributed by atoms with van der Waals surface area (Å²) in [5, 5.41) is 11.9. The predicted molar refractivity (Wildman–Crippen MR) is 119 cm³/mol. The Balaban J connectivity index is 0.976. The molecule has 1 aliphatic heterocycles. The Morgan fingerprint density at radius 3 is 2.18 bits per heavy atom. The molecule has 1 saturated heterocycles. The second-order valence-corrected chi connectivity index (χ2v) is 9.74. The Hall–Kier alpha value is -3.35. The van der Waals surface area contributed by atoms with Gasteiger partial charge in [0.15, 0.2) is 0 Å². The highest BCUT2D eigenvalue weighted by Crippen LogP contribution is 2.53. The van der Waals surface area contributed by atoms with Crippen LogP contribution >= 0.6 is 0 Å². The third-order valence-electron chi connectivity index (χ3n) is 7.88. The van der Waals surface area contributed by atoms with Crippen molar-refractivity contribution in [2.45, 2.75) is 12.3 Å². The van der Waals surface area contributed by atoms with Crippen molar-refractivity contribution < 1.29 is 24.2 Å². The fourth-order valence-electron chi connectivity index (χ4n) is 5.95. The molecule has 6 rings (SSSR count). The number of carboxylic acid groups (broad SMARTS) is 1. The van der Waals surface area contributed by atoms with E-state index >= 15 is 0 Å². The van der Waals surface area contributed by atoms with Crippen molar-refractivity contribution in [1.82, 2.24) is 10.2 Å². The summed E-state index contributed by atoms with van der Waals surface area (Å²) >= 11 is 0. The van der Waals surface area contributed by atoms with Crippen molar-refractivity contribution in [3.05, 3.63) is 59.7 Å². The van der Waals surface area contributed by atoms with Crippen LogP contribution in [0.5, 0.6) is 0 Å². The Labute approximate surface area is 191 Å². The van der Waals surface area contributed by atoms with Crippen LogP contribution in [0.4, 0.5) is 4.79 Å². The minimum atomic E-state index is -0.742. The van der Waals surface area contributed by atoms with Gasteiger partial charge in [-0.3, -0.25) is 9.59 Å². The predicted octanol–water partition coefficient (Wildman–Crippen LogP) is 2.95. The highest BCUT2D eigenvalue weighted by molar-refractivity contribution is 5.83. The first kappa shape index (κ1) is 20.3. The van der Waals surface area contributed by atoms with E-state index in [-0.39, 0.29) is 48.0 Å². The molecule has 3 fully saturated rings. The molecule has 2 N–H and O–H groups in total. The summed E-state index contributed by atoms with van der Waals surface area (Å²) in [5.74, 6) is -0.566. The van der Waals surface area contributed by atoms with E-state index in [4.69, 9.17) is 9.84 Å². The van der Waals surface area contributed by atoms with E-state index in [2.05, 4.69) is 29.6 Å². The third kappa shape index (κ3) is 3.46. The van der Waals surface area contributed by atoms with Gasteiger partial charge < -0.3 is 20.1 Å². The minimum Gasteiger partial charge on any atom is -0.481 e. The molecule has 0 bridgehead atoms. The number of fused-ring (bicyclic) bond motifs is 4. The number of ether oxygens (including phenoxy) is 1. The molecule has 0 spiro atoms. The molecular formula is C26H26N2O5. The zero-order chi connectivity index (χ0) is 22.7. The number of hydrogen-bond acceptors (Lipinski definition) is 4. The molecule has 0 radical (unpaired) electrons. The van der Waals surface area contributed by atoms with Gasteiger partial charge in [0.1, 0.15) is 6.61 Å². The number of amides is 2. The smallest absolute Gasteiger partial charge is 0.407 e. The SMILES string of the molecule is O=C(NC[C@H]1C[C@H]1C(=O)N1CC2C(C1)C2C(=O)O)OCC1c2ccccc2-c2ccccc21. The first-order chi connectivity index (χ1) is 16.0. The Morgan fingerprint density at radius 1 is 0.970 bits per heavy atom. The average Bonchev–Trinajstić information content (AvgIpc) is 3.67. The number of carbonyl (C=O) groups is 3. The second-order valence-electron chi connectivity index (χ2n) is 9.74. The molecule has 1 heterocycles. The van der Waals surface area contributed by atoms with E-state index in [0.29, 0.717) is 19.6 Å². The summed E-state index contributed by atoms with van der Waals surface area (Å²) in [4.78, 5) is 37.9. The molecule has 2 amide bonds. The first-order valence-corrected chi connectivity index (χ1v) is 11.6. The van der Waals surface area contributed by atoms with Gasteiger partial charge in [0.2, 0.25) is 5.91 Å². The number of aliphatic carboxylic acids is 1. The van der Waals surface area contributed by atoms with Crippen molar-refractivity contribution in [2.75, 3.05) is 26.2 Å². The van der Waals surface area contributed by atoms with E-state index in [0.717, 1.165) is 6.42 Å². The average molecular weight is 447 g/mol. The van der Waals surface area contributed by atoms with Gasteiger partial charge in [-0.05, 0) is 46.4 Å². The fourth-order valence-corrected chi connectivity index (χ4v) is 5.95. The standard InChI is InChI=1S/C26H26N2O5/c29-24(28-11-20-21(12-28)23(20)25(30)31)19-9-14(19)10-27-26(32)33-13-22-17-7-3-1-5-15(17)16-6-2-4-8-18(16)22/h1-8,14,19-23H,9-13H2,(H,27,32)(H,30,31)/t14-,19-,20?,21?,23?/m1/s1. The maximum absolute atomic E-state index is 12.7. The lowest BCUT2D eigenvalue weighted by Crippen LogP contribution is -2.35. The van der Waals surface area contributed by atoms with Gasteiger partial charge in [0.25, 0.3) is 0 Å². The van der Waals surface area contributed by atoms with Crippen LogP contribution in [0.15, 0.2) is 48.5 Å². The van der Waals surface area contributed by atoms with Crippen LogP contribution in [0.25, 0.3) is 11.1 Å². The molecule has 0 aromatic heterocycles. The van der Waals surface area contributed by atoms with Crippen molar-refractivity contribution >= 4 is 18.0 Å². The molecule has 7 heteroatoms. The molecular weight excluding hydrogens is 420 g/mol. The molecule has 170 valence electrons. The van der Waals surface area contributed by atoms with Gasteiger partial charge in [-0.15, -0.1) is 0 Å². The number of likely N-dealkylation sites (tertiary alicyclic amines) is 1. The Bertz CT molecular complexity index is 1090. The molecule has 4 aliphatic rings. The number of nitrogens with zero attached hydrogens (tertiary/aromatic N) is 1. The Kier molecular flexibility index (Phi) is 4.67. The van der Waals surface area contributed by atoms with Gasteiger partial charge >= 0.3 is 12.1 Å². The lowest BCUT2D eigenvalue weighted by molar-refractivity contribution is -0.141. The number of carbonyl (C=O) groups excluding carboxylic acids is 2. The van der Waals surface area contributed by atoms with Crippen LogP contribution in [0.3, 0.4) is 0 Å². The molecule has 3 aliphatic carbocycles. The lowest BCUT2D eigenvalue weighted by atomic mass is 9.98. The highest BCUT2D eigenvalue weighted by atomic mass is 16.5. The minimum absolute atomic E-state index is 0.0228. The van der Waals surface area contributed by atoms with E-state index in [1.807, 2.05) is 29.2 Å². The van der Waals surface area contributed by atoms with Gasteiger partial charge in [0.05, 0.1) is 5.92 Å². The van der Waals surface area contributed by atoms with Crippen LogP contribution in [-0.4, -0.2) is 54.2 Å². The zero-order valence-electron chi connectivity index (χ0n) is 18.1. The van der Waals surface area contributed by atoms with Crippen LogP contribution in [0, 0.1) is 29.6 Å². The number of carboxylic acids is 1. The van der Waals surface area contributed by atoms with Crippen molar-refractivity contribution in [3.8, 4) is 11.1 Å². The van der Waals surface area contributed by atoms with Gasteiger partial charge in [0, 0.05) is 31.5 Å². The Morgan fingerprint density at radius 2 is 1.58 bits per heavy atom. The molecule has 2 aromatic carbocycles. The number of piperidine rings is 1. The van der Waals surface area contributed by atoms with E-state index in [1.54, 1.807) is 0 Å². The largest absolute Gasteiger partial charge is 0.481 e. The number of hydrogen-bond donors (Lipinski definition) is 2. The van der Waals surface area contributed by atoms with Gasteiger partial charge in [-0.25, -0.2) is 4.79 Å². The summed E-state index contributed by atoms with van der Waals surface area (Å²) in [5.41, 5.74) is 4.73. The van der Waals surface area contributed by atoms with Crippen molar-refractivity contribution in [2.24, 2.45) is 29.6 Å². The summed E-state index contributed by atoms with van der Waals surface area (Å²) < 4.78 is 5.57. The zero-order valence-corrected chi connectivity index (χ0v) is 18.1. The molecule has 33 heavy (non-hydrogen) atoms. The maximum atomic E-state index is 12.7. The van der Waals surface area contributed by atoms with E-state index in [1.165, 1.54) is 22.3 Å². The molecule has 2 unspecified atom stereocenters. The van der Waals surface area contributed by atoms with E-state index < -0.39 is 12.1 Å². The summed E-state index contributed by atoms with van der Waals surface area (Å²) in [6, 6.07) is 16.4. The van der Waals surface area contributed by atoms with Crippen molar-refractivity contribution in [3.63, 3.8) is 0 Å². The molecule has 7 nitrogen and oxygen atoms in total. The topological polar surface area (TPSA) is 95.9 Å². The maximum Gasteiger partial charge on any atom is 0.407 e. The van der Waals surface area contributed by atoms with Gasteiger partial charge in [-0.1, -0.05) is 48.5 Å². The normalized spacial score (nSPS) is 28.5. The lowest BCUT2D eigenvalue weighted by Gasteiger charge is -2.19. The van der Waals surface area contributed by atoms with Crippen LogP contribution < -0.4 is 5.32 Å². The fraction of sp³-hybridized carbons (Fsp3) is 0.423. The molecule has 4 atom stereocenters. The second kappa shape index (κ2) is 7.61. The number of alkyl carbamates (subject to hydrolysis) is 1. The van der Waals surface area contributed by atoms with Crippen LogP contribution in [0.2, 0.25) is 0 Å². The monoisotopic (exact) mass is 446 g/mol. The van der Waals surface area contributed by atoms with Crippen LogP contribution in [0.1, 0.15) is 23.5 Å². The first-order valence-electron chi connectivity index (χ1n) is 11.6. The summed E-state index contributed by atoms with van der Waals surface area (Å²) in [6.07, 6.45) is 0.304. The quantitative estimate of drug-likeness (QED) is 0.711. The van der Waals surface area contributed by atoms with Gasteiger partial charge in [-0.2, -0.15) is 0 Å².